The number of rotatable bonds is 6. The minimum Gasteiger partial charge on any atom is -0.495 e. The lowest BCUT2D eigenvalue weighted by Gasteiger charge is -2.32. The smallest absolute Gasteiger partial charge is 0.321 e. The normalized spacial score (nSPS) is 16.8. The van der Waals surface area contributed by atoms with E-state index in [9.17, 15) is 14.7 Å². The van der Waals surface area contributed by atoms with Crippen molar-refractivity contribution in [3.05, 3.63) is 24.3 Å². The molecular weight excluding hydrogens is 286 g/mol. The number of piperazine rings is 1. The monoisotopic (exact) mass is 307 g/mol. The van der Waals surface area contributed by atoms with Gasteiger partial charge in [-0.15, -0.1) is 0 Å². The number of methoxy groups -OCH3 is 1. The van der Waals surface area contributed by atoms with Crippen molar-refractivity contribution in [2.24, 2.45) is 0 Å². The van der Waals surface area contributed by atoms with Crippen LogP contribution in [0, 0.1) is 0 Å². The zero-order valence-corrected chi connectivity index (χ0v) is 12.5. The molecule has 1 fully saturated rings. The van der Waals surface area contributed by atoms with Gasteiger partial charge in [0.15, 0.2) is 0 Å². The van der Waals surface area contributed by atoms with Gasteiger partial charge in [-0.1, -0.05) is 12.1 Å². The zero-order valence-electron chi connectivity index (χ0n) is 12.5. The van der Waals surface area contributed by atoms with Gasteiger partial charge in [-0.25, -0.2) is 0 Å². The quantitative estimate of drug-likeness (QED) is 0.704. The summed E-state index contributed by atoms with van der Waals surface area (Å²) in [5.74, 6) is -0.766. The van der Waals surface area contributed by atoms with Gasteiger partial charge >= 0.3 is 5.97 Å². The third kappa shape index (κ3) is 4.19. The van der Waals surface area contributed by atoms with E-state index in [1.165, 1.54) is 7.11 Å². The Kier molecular flexibility index (Phi) is 5.74. The molecule has 1 aromatic rings. The molecule has 7 nitrogen and oxygen atoms in total. The summed E-state index contributed by atoms with van der Waals surface area (Å²) < 4.78 is 5.17. The second kappa shape index (κ2) is 7.77. The molecule has 0 saturated carbocycles. The second-order valence-electron chi connectivity index (χ2n) is 5.09. The van der Waals surface area contributed by atoms with Crippen LogP contribution in [0.1, 0.15) is 6.42 Å². The molecule has 0 radical (unpaired) electrons. The number of carbonyl (C=O) groups is 2. The molecule has 0 aromatic heterocycles. The number of aliphatic carboxylic acids is 1. The summed E-state index contributed by atoms with van der Waals surface area (Å²) in [6.07, 6.45) is -0.0899. The predicted octanol–water partition coefficient (Wildman–Crippen LogP) is 0.382. The first-order valence-corrected chi connectivity index (χ1v) is 7.22. The Morgan fingerprint density at radius 2 is 2.05 bits per heavy atom. The highest BCUT2D eigenvalue weighted by Crippen LogP contribution is 2.23. The van der Waals surface area contributed by atoms with Crippen LogP contribution in [0.2, 0.25) is 0 Å². The second-order valence-corrected chi connectivity index (χ2v) is 5.09. The SMILES string of the molecule is COc1ccccc1NC(=O)C[C@H](C(=O)O)N1CCNCC1. The topological polar surface area (TPSA) is 90.9 Å². The van der Waals surface area contributed by atoms with Crippen molar-refractivity contribution in [3.8, 4) is 5.75 Å². The van der Waals surface area contributed by atoms with Gasteiger partial charge in [-0.05, 0) is 12.1 Å². The number of nitrogens with zero attached hydrogens (tertiary/aromatic N) is 1. The highest BCUT2D eigenvalue weighted by Gasteiger charge is 2.29. The fourth-order valence-corrected chi connectivity index (χ4v) is 2.49. The van der Waals surface area contributed by atoms with Gasteiger partial charge in [0.2, 0.25) is 5.91 Å². The number of ether oxygens (including phenoxy) is 1. The Labute approximate surface area is 129 Å². The fourth-order valence-electron chi connectivity index (χ4n) is 2.49. The van der Waals surface area contributed by atoms with Gasteiger partial charge in [-0.3, -0.25) is 14.5 Å². The maximum atomic E-state index is 12.2. The minimum atomic E-state index is -0.975. The van der Waals surface area contributed by atoms with Gasteiger partial charge in [-0.2, -0.15) is 0 Å². The summed E-state index contributed by atoms with van der Waals surface area (Å²) >= 11 is 0. The molecule has 22 heavy (non-hydrogen) atoms. The average molecular weight is 307 g/mol. The predicted molar refractivity (Wildman–Crippen MR) is 82.1 cm³/mol. The van der Waals surface area contributed by atoms with Crippen molar-refractivity contribution in [1.82, 2.24) is 10.2 Å². The molecule has 1 amide bonds. The van der Waals surface area contributed by atoms with Crippen molar-refractivity contribution in [2.45, 2.75) is 12.5 Å². The van der Waals surface area contributed by atoms with Crippen LogP contribution in [0.25, 0.3) is 0 Å². The minimum absolute atomic E-state index is 0.0899. The molecule has 0 aliphatic carbocycles. The number of anilines is 1. The van der Waals surface area contributed by atoms with Gasteiger partial charge in [0.25, 0.3) is 0 Å². The molecule has 0 bridgehead atoms. The maximum absolute atomic E-state index is 12.2. The Hall–Kier alpha value is -2.12. The first-order chi connectivity index (χ1) is 10.6. The van der Waals surface area contributed by atoms with Gasteiger partial charge in [0, 0.05) is 26.2 Å². The van der Waals surface area contributed by atoms with Crippen molar-refractivity contribution < 1.29 is 19.4 Å². The van der Waals surface area contributed by atoms with Gasteiger partial charge < -0.3 is 20.5 Å². The van der Waals surface area contributed by atoms with Crippen molar-refractivity contribution >= 4 is 17.6 Å². The van der Waals surface area contributed by atoms with E-state index < -0.39 is 12.0 Å². The number of hydrogen-bond acceptors (Lipinski definition) is 5. The number of hydrogen-bond donors (Lipinski definition) is 3. The van der Waals surface area contributed by atoms with Crippen molar-refractivity contribution in [3.63, 3.8) is 0 Å². The molecule has 0 unspecified atom stereocenters. The van der Waals surface area contributed by atoms with E-state index in [0.717, 1.165) is 13.1 Å². The largest absolute Gasteiger partial charge is 0.495 e. The summed E-state index contributed by atoms with van der Waals surface area (Å²) in [4.78, 5) is 25.4. The summed E-state index contributed by atoms with van der Waals surface area (Å²) in [7, 11) is 1.52. The molecule has 2 rings (SSSR count). The molecule has 1 saturated heterocycles. The molecule has 1 aromatic carbocycles. The summed E-state index contributed by atoms with van der Waals surface area (Å²) in [6.45, 7) is 2.72. The molecule has 0 spiro atoms. The number of amides is 1. The molecule has 1 aliphatic rings. The molecule has 7 heteroatoms. The highest BCUT2D eigenvalue weighted by atomic mass is 16.5. The van der Waals surface area contributed by atoms with Crippen LogP contribution in [0.4, 0.5) is 5.69 Å². The lowest BCUT2D eigenvalue weighted by atomic mass is 10.1. The lowest BCUT2D eigenvalue weighted by molar-refractivity contribution is -0.145. The number of carboxylic acids is 1. The standard InChI is InChI=1S/C15H21N3O4/c1-22-13-5-3-2-4-11(13)17-14(19)10-12(15(20)21)18-8-6-16-7-9-18/h2-5,12,16H,6-10H2,1H3,(H,17,19)(H,20,21)/t12-/m1/s1. The molecule has 1 aliphatic heterocycles. The van der Waals surface area contributed by atoms with E-state index in [0.29, 0.717) is 24.5 Å². The summed E-state index contributed by atoms with van der Waals surface area (Å²) in [6, 6.07) is 6.23. The van der Waals surface area contributed by atoms with E-state index in [1.54, 1.807) is 24.3 Å². The van der Waals surface area contributed by atoms with Crippen LogP contribution < -0.4 is 15.4 Å². The Bertz CT molecular complexity index is 529. The number of carboxylic acid groups (broad SMARTS) is 1. The van der Waals surface area contributed by atoms with E-state index >= 15 is 0 Å². The van der Waals surface area contributed by atoms with E-state index in [2.05, 4.69) is 10.6 Å². The van der Waals surface area contributed by atoms with E-state index in [-0.39, 0.29) is 12.3 Å². The van der Waals surface area contributed by atoms with Crippen LogP contribution in [-0.4, -0.2) is 61.2 Å². The number of nitrogens with one attached hydrogen (secondary N) is 2. The molecular formula is C15H21N3O4. The average Bonchev–Trinajstić information content (AvgIpc) is 2.53. The molecule has 3 N–H and O–H groups in total. The molecule has 120 valence electrons. The summed E-state index contributed by atoms with van der Waals surface area (Å²) in [5.41, 5.74) is 0.541. The molecule has 1 atom stereocenters. The first-order valence-electron chi connectivity index (χ1n) is 7.22. The van der Waals surface area contributed by atoms with Gasteiger partial charge in [0.05, 0.1) is 19.2 Å². The van der Waals surface area contributed by atoms with Crippen LogP contribution in [-0.2, 0) is 9.59 Å². The van der Waals surface area contributed by atoms with Crippen molar-refractivity contribution in [1.29, 1.82) is 0 Å². The van der Waals surface area contributed by atoms with Gasteiger partial charge in [0.1, 0.15) is 11.8 Å². The Balaban J connectivity index is 2.00. The van der Waals surface area contributed by atoms with Crippen LogP contribution in [0.5, 0.6) is 5.75 Å². The zero-order chi connectivity index (χ0) is 15.9. The lowest BCUT2D eigenvalue weighted by Crippen LogP contribution is -2.52. The first kappa shape index (κ1) is 16.3. The van der Waals surface area contributed by atoms with Crippen molar-refractivity contribution in [2.75, 3.05) is 38.6 Å². The number of benzene rings is 1. The van der Waals surface area contributed by atoms with E-state index in [1.807, 2.05) is 4.90 Å². The maximum Gasteiger partial charge on any atom is 0.321 e. The Morgan fingerprint density at radius 1 is 1.36 bits per heavy atom. The summed E-state index contributed by atoms with van der Waals surface area (Å²) in [5, 5.41) is 15.3. The number of carbonyl (C=O) groups excluding carboxylic acids is 1. The number of para-hydroxylation sites is 2. The Morgan fingerprint density at radius 3 is 2.68 bits per heavy atom. The van der Waals surface area contributed by atoms with Crippen LogP contribution >= 0.6 is 0 Å². The highest BCUT2D eigenvalue weighted by molar-refractivity contribution is 5.95. The van der Waals surface area contributed by atoms with Crippen LogP contribution in [0.3, 0.4) is 0 Å². The van der Waals surface area contributed by atoms with Crippen LogP contribution in [0.15, 0.2) is 24.3 Å². The molecule has 1 heterocycles. The third-order valence-corrected chi connectivity index (χ3v) is 3.64. The third-order valence-electron chi connectivity index (χ3n) is 3.64. The van der Waals surface area contributed by atoms with E-state index in [4.69, 9.17) is 4.74 Å². The fraction of sp³-hybridized carbons (Fsp3) is 0.467.